The molecule has 0 atom stereocenters. The minimum Gasteiger partial charge on any atom is -0.492 e. The number of benzene rings is 2. The van der Waals surface area contributed by atoms with Gasteiger partial charge in [0.05, 0.1) is 13.2 Å². The van der Waals surface area contributed by atoms with Crippen LogP contribution in [0.15, 0.2) is 42.5 Å². The Bertz CT molecular complexity index is 975. The molecule has 4 rings (SSSR count). The third-order valence-electron chi connectivity index (χ3n) is 5.99. The molecular formula is C25H32N4O4. The number of carbonyl (C=O) groups is 2. The first-order chi connectivity index (χ1) is 16.1. The van der Waals surface area contributed by atoms with Crippen LogP contribution in [0.5, 0.6) is 5.75 Å². The van der Waals surface area contributed by atoms with Crippen LogP contribution in [0.25, 0.3) is 0 Å². The Morgan fingerprint density at radius 1 is 1.09 bits per heavy atom. The van der Waals surface area contributed by atoms with Crippen LogP contribution in [0.2, 0.25) is 0 Å². The van der Waals surface area contributed by atoms with Gasteiger partial charge in [-0.15, -0.1) is 0 Å². The summed E-state index contributed by atoms with van der Waals surface area (Å²) in [4.78, 5) is 28.4. The summed E-state index contributed by atoms with van der Waals surface area (Å²) < 4.78 is 11.3. The van der Waals surface area contributed by atoms with Crippen molar-refractivity contribution in [2.75, 3.05) is 51.3 Å². The van der Waals surface area contributed by atoms with Crippen LogP contribution in [-0.4, -0.2) is 67.7 Å². The smallest absolute Gasteiger partial charge is 0.317 e. The van der Waals surface area contributed by atoms with Crippen molar-refractivity contribution in [3.05, 3.63) is 59.2 Å². The molecule has 1 fully saturated rings. The average Bonchev–Trinajstić information content (AvgIpc) is 2.83. The van der Waals surface area contributed by atoms with Gasteiger partial charge < -0.3 is 25.0 Å². The lowest BCUT2D eigenvalue weighted by Gasteiger charge is -2.30. The third-order valence-corrected chi connectivity index (χ3v) is 5.99. The largest absolute Gasteiger partial charge is 0.492 e. The van der Waals surface area contributed by atoms with Gasteiger partial charge in [-0.3, -0.25) is 9.69 Å². The van der Waals surface area contributed by atoms with Gasteiger partial charge in [0.2, 0.25) is 5.91 Å². The molecule has 0 aromatic heterocycles. The number of amides is 3. The third kappa shape index (κ3) is 6.46. The van der Waals surface area contributed by atoms with Gasteiger partial charge in [-0.25, -0.2) is 4.79 Å². The number of ether oxygens (including phenoxy) is 2. The van der Waals surface area contributed by atoms with Crippen LogP contribution < -0.4 is 15.4 Å². The Morgan fingerprint density at radius 3 is 2.73 bits per heavy atom. The fraction of sp³-hybridized carbons (Fsp3) is 0.440. The van der Waals surface area contributed by atoms with E-state index in [0.717, 1.165) is 61.0 Å². The molecule has 0 bridgehead atoms. The molecule has 2 aliphatic heterocycles. The summed E-state index contributed by atoms with van der Waals surface area (Å²) in [5, 5.41) is 5.90. The van der Waals surface area contributed by atoms with Crippen LogP contribution in [0.3, 0.4) is 0 Å². The van der Waals surface area contributed by atoms with E-state index in [9.17, 15) is 9.59 Å². The van der Waals surface area contributed by atoms with Gasteiger partial charge in [0.25, 0.3) is 0 Å². The fourth-order valence-corrected chi connectivity index (χ4v) is 4.24. The molecule has 2 N–H and O–H groups in total. The number of hydrogen-bond donors (Lipinski definition) is 2. The Balaban J connectivity index is 1.26. The second-order valence-electron chi connectivity index (χ2n) is 8.40. The molecule has 0 unspecified atom stereocenters. The summed E-state index contributed by atoms with van der Waals surface area (Å²) in [5.41, 5.74) is 4.01. The summed E-state index contributed by atoms with van der Waals surface area (Å²) in [5.74, 6) is 0.725. The van der Waals surface area contributed by atoms with E-state index in [0.29, 0.717) is 32.7 Å². The van der Waals surface area contributed by atoms with Crippen LogP contribution in [0.4, 0.5) is 10.5 Å². The number of carbonyl (C=O) groups excluding carboxylic acids is 2. The molecular weight excluding hydrogens is 420 g/mol. The molecule has 2 heterocycles. The summed E-state index contributed by atoms with van der Waals surface area (Å²) in [7, 11) is 0. The molecule has 0 saturated carbocycles. The minimum atomic E-state index is -0.0933. The Hall–Kier alpha value is -3.10. The number of rotatable bonds is 7. The quantitative estimate of drug-likeness (QED) is 0.675. The molecule has 176 valence electrons. The zero-order valence-electron chi connectivity index (χ0n) is 19.1. The summed E-state index contributed by atoms with van der Waals surface area (Å²) >= 11 is 0. The van der Waals surface area contributed by atoms with Gasteiger partial charge in [0, 0.05) is 51.9 Å². The lowest BCUT2D eigenvalue weighted by atomic mass is 9.98. The topological polar surface area (TPSA) is 83.1 Å². The number of nitrogens with one attached hydrogen (secondary N) is 2. The number of fused-ring (bicyclic) bond motifs is 1. The first-order valence-corrected chi connectivity index (χ1v) is 11.5. The standard InChI is InChI=1S/C25H32N4O4/c1-19(30)27-24-7-3-5-21-18-29(9-8-23(21)24)25(31)26-17-20-4-2-6-22(16-20)33-15-12-28-10-13-32-14-11-28/h2-7,16H,8-15,17-18H2,1H3,(H,26,31)(H,27,30). The fourth-order valence-electron chi connectivity index (χ4n) is 4.24. The lowest BCUT2D eigenvalue weighted by Crippen LogP contribution is -2.42. The number of nitrogens with zero attached hydrogens (tertiary/aromatic N) is 2. The van der Waals surface area contributed by atoms with Crippen LogP contribution in [-0.2, 0) is 29.0 Å². The predicted octanol–water partition coefficient (Wildman–Crippen LogP) is 2.62. The van der Waals surface area contributed by atoms with Gasteiger partial charge >= 0.3 is 6.03 Å². The molecule has 0 spiro atoms. The normalized spacial score (nSPS) is 16.1. The molecule has 3 amide bonds. The summed E-state index contributed by atoms with van der Waals surface area (Å²) in [6.07, 6.45) is 0.714. The highest BCUT2D eigenvalue weighted by molar-refractivity contribution is 5.90. The van der Waals surface area contributed by atoms with Gasteiger partial charge in [-0.05, 0) is 41.3 Å². The maximum absolute atomic E-state index is 12.8. The first kappa shape index (κ1) is 23.1. The van der Waals surface area contributed by atoms with Crippen molar-refractivity contribution in [3.8, 4) is 5.75 Å². The molecule has 2 aliphatic rings. The molecule has 2 aromatic carbocycles. The van der Waals surface area contributed by atoms with Crippen LogP contribution in [0, 0.1) is 0 Å². The molecule has 33 heavy (non-hydrogen) atoms. The highest BCUT2D eigenvalue weighted by Gasteiger charge is 2.22. The van der Waals surface area contributed by atoms with Gasteiger partial charge in [0.15, 0.2) is 0 Å². The van der Waals surface area contributed by atoms with Crippen molar-refractivity contribution < 1.29 is 19.1 Å². The van der Waals surface area contributed by atoms with Gasteiger partial charge in [-0.2, -0.15) is 0 Å². The van der Waals surface area contributed by atoms with Crippen molar-refractivity contribution >= 4 is 17.6 Å². The van der Waals surface area contributed by atoms with Crippen molar-refractivity contribution in [2.45, 2.75) is 26.4 Å². The van der Waals surface area contributed by atoms with Gasteiger partial charge in [0.1, 0.15) is 12.4 Å². The van der Waals surface area contributed by atoms with E-state index in [1.165, 1.54) is 6.92 Å². The molecule has 8 heteroatoms. The molecule has 1 saturated heterocycles. The van der Waals surface area contributed by atoms with E-state index in [2.05, 4.69) is 15.5 Å². The highest BCUT2D eigenvalue weighted by Crippen LogP contribution is 2.26. The molecule has 8 nitrogen and oxygen atoms in total. The van der Waals surface area contributed by atoms with Crippen LogP contribution in [0.1, 0.15) is 23.6 Å². The lowest BCUT2D eigenvalue weighted by molar-refractivity contribution is -0.114. The molecule has 0 aliphatic carbocycles. The Morgan fingerprint density at radius 2 is 1.91 bits per heavy atom. The predicted molar refractivity (Wildman–Crippen MR) is 126 cm³/mol. The number of urea groups is 1. The summed E-state index contributed by atoms with van der Waals surface area (Å²) in [6, 6.07) is 13.6. The second-order valence-corrected chi connectivity index (χ2v) is 8.40. The zero-order chi connectivity index (χ0) is 23.0. The first-order valence-electron chi connectivity index (χ1n) is 11.5. The van der Waals surface area contributed by atoms with E-state index < -0.39 is 0 Å². The van der Waals surface area contributed by atoms with E-state index in [4.69, 9.17) is 9.47 Å². The number of hydrogen-bond acceptors (Lipinski definition) is 5. The monoisotopic (exact) mass is 452 g/mol. The van der Waals surface area contributed by atoms with Crippen LogP contribution >= 0.6 is 0 Å². The maximum atomic E-state index is 12.8. The zero-order valence-corrected chi connectivity index (χ0v) is 19.1. The van der Waals surface area contributed by atoms with Crippen molar-refractivity contribution in [1.82, 2.24) is 15.1 Å². The van der Waals surface area contributed by atoms with Crippen molar-refractivity contribution in [2.24, 2.45) is 0 Å². The highest BCUT2D eigenvalue weighted by atomic mass is 16.5. The van der Waals surface area contributed by atoms with Gasteiger partial charge in [-0.1, -0.05) is 24.3 Å². The SMILES string of the molecule is CC(=O)Nc1cccc2c1CCN(C(=O)NCc1cccc(OCCN3CCOCC3)c1)C2. The second kappa shape index (κ2) is 11.2. The van der Waals surface area contributed by atoms with Crippen molar-refractivity contribution in [3.63, 3.8) is 0 Å². The number of morpholine rings is 1. The Kier molecular flexibility index (Phi) is 7.80. The minimum absolute atomic E-state index is 0.0872. The molecule has 2 aromatic rings. The number of anilines is 1. The van der Waals surface area contributed by atoms with E-state index in [1.54, 1.807) is 0 Å². The maximum Gasteiger partial charge on any atom is 0.317 e. The van der Waals surface area contributed by atoms with E-state index in [1.807, 2.05) is 47.4 Å². The van der Waals surface area contributed by atoms with E-state index in [-0.39, 0.29) is 11.9 Å². The Labute approximate surface area is 194 Å². The summed E-state index contributed by atoms with van der Waals surface area (Å²) in [6.45, 7) is 8.06. The van der Waals surface area contributed by atoms with E-state index >= 15 is 0 Å². The average molecular weight is 453 g/mol. The molecule has 0 radical (unpaired) electrons. The van der Waals surface area contributed by atoms with Crippen molar-refractivity contribution in [1.29, 1.82) is 0 Å².